The van der Waals surface area contributed by atoms with Gasteiger partial charge in [0.2, 0.25) is 10.0 Å². The van der Waals surface area contributed by atoms with Gasteiger partial charge >= 0.3 is 0 Å². The summed E-state index contributed by atoms with van der Waals surface area (Å²) in [5.41, 5.74) is 0. The molecule has 1 unspecified atom stereocenters. The van der Waals surface area contributed by atoms with Crippen molar-refractivity contribution < 1.29 is 8.42 Å². The maximum absolute atomic E-state index is 12.2. The molecule has 0 aliphatic carbocycles. The Labute approximate surface area is 145 Å². The van der Waals surface area contributed by atoms with Gasteiger partial charge in [-0.2, -0.15) is 0 Å². The number of nitrogens with one attached hydrogen (secondary N) is 2. The Kier molecular flexibility index (Phi) is 7.05. The molecule has 1 aliphatic heterocycles. The summed E-state index contributed by atoms with van der Waals surface area (Å²) in [5, 5.41) is 3.30. The zero-order valence-electron chi connectivity index (χ0n) is 14.5. The third-order valence-corrected chi connectivity index (χ3v) is 5.49. The normalized spacial score (nSPS) is 19.3. The van der Waals surface area contributed by atoms with Crippen LogP contribution >= 0.6 is 0 Å². The van der Waals surface area contributed by atoms with Crippen LogP contribution in [0, 0.1) is 5.92 Å². The van der Waals surface area contributed by atoms with Crippen LogP contribution in [0.1, 0.15) is 26.7 Å². The summed E-state index contributed by atoms with van der Waals surface area (Å²) in [4.78, 5) is 7.12. The fourth-order valence-electron chi connectivity index (χ4n) is 2.83. The Morgan fingerprint density at radius 3 is 2.75 bits per heavy atom. The number of nitrogens with zero attached hydrogens (tertiary/aromatic N) is 2. The van der Waals surface area contributed by atoms with E-state index < -0.39 is 10.0 Å². The van der Waals surface area contributed by atoms with E-state index in [1.54, 1.807) is 30.3 Å². The Balaban J connectivity index is 1.90. The van der Waals surface area contributed by atoms with Crippen LogP contribution in [0.2, 0.25) is 0 Å². The minimum absolute atomic E-state index is 0.283. The number of piperidine rings is 1. The van der Waals surface area contributed by atoms with E-state index in [-0.39, 0.29) is 11.4 Å². The van der Waals surface area contributed by atoms with Gasteiger partial charge in [-0.1, -0.05) is 25.1 Å². The zero-order chi connectivity index (χ0) is 17.4. The molecule has 6 nitrogen and oxygen atoms in total. The van der Waals surface area contributed by atoms with Crippen molar-refractivity contribution in [1.29, 1.82) is 0 Å². The van der Waals surface area contributed by atoms with Crippen LogP contribution in [0.5, 0.6) is 0 Å². The predicted molar refractivity (Wildman–Crippen MR) is 97.6 cm³/mol. The lowest BCUT2D eigenvalue weighted by molar-refractivity contribution is 0.266. The first kappa shape index (κ1) is 18.7. The van der Waals surface area contributed by atoms with E-state index in [1.165, 1.54) is 12.8 Å². The number of sulfonamides is 1. The highest BCUT2D eigenvalue weighted by molar-refractivity contribution is 7.89. The van der Waals surface area contributed by atoms with Gasteiger partial charge < -0.3 is 10.2 Å². The molecule has 134 valence electrons. The first-order chi connectivity index (χ1) is 11.5. The summed E-state index contributed by atoms with van der Waals surface area (Å²) in [6, 6.07) is 8.40. The van der Waals surface area contributed by atoms with Gasteiger partial charge in [-0.25, -0.2) is 13.1 Å². The van der Waals surface area contributed by atoms with E-state index in [9.17, 15) is 8.42 Å². The van der Waals surface area contributed by atoms with Gasteiger partial charge in [-0.15, -0.1) is 0 Å². The summed E-state index contributed by atoms with van der Waals surface area (Å²) < 4.78 is 26.9. The maximum atomic E-state index is 12.2. The molecule has 0 amide bonds. The van der Waals surface area contributed by atoms with E-state index in [0.717, 1.165) is 25.6 Å². The van der Waals surface area contributed by atoms with Gasteiger partial charge in [0.25, 0.3) is 0 Å². The number of rotatable bonds is 6. The van der Waals surface area contributed by atoms with Crippen molar-refractivity contribution in [2.75, 3.05) is 32.7 Å². The third-order valence-electron chi connectivity index (χ3n) is 4.01. The van der Waals surface area contributed by atoms with Crippen LogP contribution in [0.15, 0.2) is 40.2 Å². The average molecular weight is 353 g/mol. The molecule has 0 bridgehead atoms. The first-order valence-electron chi connectivity index (χ1n) is 8.61. The number of benzene rings is 1. The van der Waals surface area contributed by atoms with Crippen molar-refractivity contribution in [3.05, 3.63) is 30.3 Å². The van der Waals surface area contributed by atoms with E-state index in [1.807, 2.05) is 6.92 Å². The highest BCUT2D eigenvalue weighted by atomic mass is 32.2. The van der Waals surface area contributed by atoms with Crippen LogP contribution in [-0.4, -0.2) is 52.0 Å². The van der Waals surface area contributed by atoms with Crippen LogP contribution < -0.4 is 10.0 Å². The molecule has 0 radical (unpaired) electrons. The molecule has 0 saturated carbocycles. The Morgan fingerprint density at radius 1 is 1.33 bits per heavy atom. The lowest BCUT2D eigenvalue weighted by Crippen LogP contribution is -2.46. The molecular formula is C17H28N4O2S. The smallest absolute Gasteiger partial charge is 0.240 e. The monoisotopic (exact) mass is 352 g/mol. The Bertz CT molecular complexity index is 631. The number of hydrogen-bond donors (Lipinski definition) is 2. The lowest BCUT2D eigenvalue weighted by atomic mass is 10.0. The third kappa shape index (κ3) is 5.49. The Hall–Kier alpha value is -1.60. The summed E-state index contributed by atoms with van der Waals surface area (Å²) >= 11 is 0. The highest BCUT2D eigenvalue weighted by Crippen LogP contribution is 2.15. The van der Waals surface area contributed by atoms with Gasteiger partial charge in [0.05, 0.1) is 11.4 Å². The van der Waals surface area contributed by atoms with E-state index >= 15 is 0 Å². The maximum Gasteiger partial charge on any atom is 0.240 e. The minimum atomic E-state index is -3.46. The summed E-state index contributed by atoms with van der Waals surface area (Å²) in [7, 11) is -3.46. The molecule has 2 rings (SSSR count). The van der Waals surface area contributed by atoms with Crippen LogP contribution in [0.25, 0.3) is 0 Å². The molecule has 1 atom stereocenters. The van der Waals surface area contributed by atoms with Gasteiger partial charge in [0, 0.05) is 26.2 Å². The van der Waals surface area contributed by atoms with E-state index in [2.05, 4.69) is 26.9 Å². The molecule has 1 heterocycles. The lowest BCUT2D eigenvalue weighted by Gasteiger charge is -2.33. The molecule has 1 saturated heterocycles. The van der Waals surface area contributed by atoms with Gasteiger partial charge in [0.15, 0.2) is 5.96 Å². The quantitative estimate of drug-likeness (QED) is 0.464. The largest absolute Gasteiger partial charge is 0.357 e. The summed E-state index contributed by atoms with van der Waals surface area (Å²) in [6.45, 7) is 7.81. The molecule has 7 heteroatoms. The van der Waals surface area contributed by atoms with Crippen molar-refractivity contribution in [3.63, 3.8) is 0 Å². The fourth-order valence-corrected chi connectivity index (χ4v) is 3.87. The number of hydrogen-bond acceptors (Lipinski definition) is 3. The topological polar surface area (TPSA) is 73.8 Å². The molecule has 2 N–H and O–H groups in total. The van der Waals surface area contributed by atoms with Crippen molar-refractivity contribution in [3.8, 4) is 0 Å². The van der Waals surface area contributed by atoms with E-state index in [0.29, 0.717) is 12.5 Å². The zero-order valence-corrected chi connectivity index (χ0v) is 15.3. The standard InChI is InChI=1S/C17H28N4O2S/c1-3-18-17(21-13-7-8-15(2)14-21)19-11-12-20-24(22,23)16-9-5-4-6-10-16/h4-6,9-10,15,20H,3,7-8,11-14H2,1-2H3,(H,18,19). The summed E-state index contributed by atoms with van der Waals surface area (Å²) in [6.07, 6.45) is 2.43. The molecule has 0 aromatic heterocycles. The van der Waals surface area contributed by atoms with Crippen LogP contribution in [-0.2, 0) is 10.0 Å². The van der Waals surface area contributed by atoms with Crippen molar-refractivity contribution in [2.45, 2.75) is 31.6 Å². The second-order valence-corrected chi connectivity index (χ2v) is 7.91. The molecule has 1 aliphatic rings. The molecule has 1 aromatic carbocycles. The van der Waals surface area contributed by atoms with E-state index in [4.69, 9.17) is 0 Å². The molecule has 24 heavy (non-hydrogen) atoms. The summed E-state index contributed by atoms with van der Waals surface area (Å²) in [5.74, 6) is 1.54. The minimum Gasteiger partial charge on any atom is -0.357 e. The van der Waals surface area contributed by atoms with Gasteiger partial charge in [-0.05, 0) is 37.8 Å². The second kappa shape index (κ2) is 9.03. The van der Waals surface area contributed by atoms with Gasteiger partial charge in [-0.3, -0.25) is 4.99 Å². The Morgan fingerprint density at radius 2 is 2.08 bits per heavy atom. The molecule has 1 fully saturated rings. The predicted octanol–water partition coefficient (Wildman–Crippen LogP) is 1.66. The van der Waals surface area contributed by atoms with Crippen molar-refractivity contribution in [1.82, 2.24) is 14.9 Å². The van der Waals surface area contributed by atoms with Crippen LogP contribution in [0.4, 0.5) is 0 Å². The second-order valence-electron chi connectivity index (χ2n) is 6.14. The average Bonchev–Trinajstić information content (AvgIpc) is 2.58. The van der Waals surface area contributed by atoms with Crippen molar-refractivity contribution >= 4 is 16.0 Å². The SMILES string of the molecule is CCNC(=NCCNS(=O)(=O)c1ccccc1)N1CCCC(C)C1. The number of guanidine groups is 1. The molecule has 1 aromatic rings. The first-order valence-corrected chi connectivity index (χ1v) is 10.1. The fraction of sp³-hybridized carbons (Fsp3) is 0.588. The molecule has 0 spiro atoms. The van der Waals surface area contributed by atoms with Crippen molar-refractivity contribution in [2.24, 2.45) is 10.9 Å². The van der Waals surface area contributed by atoms with Crippen LogP contribution in [0.3, 0.4) is 0 Å². The molecular weight excluding hydrogens is 324 g/mol. The highest BCUT2D eigenvalue weighted by Gasteiger charge is 2.19. The number of aliphatic imine (C=N–C) groups is 1. The van der Waals surface area contributed by atoms with Gasteiger partial charge in [0.1, 0.15) is 0 Å². The number of likely N-dealkylation sites (tertiary alicyclic amines) is 1.